The van der Waals surface area contributed by atoms with Gasteiger partial charge < -0.3 is 9.80 Å². The molecule has 34 heavy (non-hydrogen) atoms. The number of thiophene rings is 1. The number of fused-ring (bicyclic) bond motifs is 1. The summed E-state index contributed by atoms with van der Waals surface area (Å²) in [5.74, 6) is -0.203. The Hall–Kier alpha value is -3.18. The molecule has 0 fully saturated rings. The number of rotatable bonds is 6. The average Bonchev–Trinajstić information content (AvgIpc) is 3.31. The summed E-state index contributed by atoms with van der Waals surface area (Å²) in [6.07, 6.45) is 2.52. The minimum atomic E-state index is -0.154. The Labute approximate surface area is 206 Å². The topological polar surface area (TPSA) is 40.6 Å². The van der Waals surface area contributed by atoms with Gasteiger partial charge in [-0.05, 0) is 52.1 Å². The van der Waals surface area contributed by atoms with Crippen molar-refractivity contribution in [2.24, 2.45) is 0 Å². The maximum atomic E-state index is 13.6. The fourth-order valence-corrected chi connectivity index (χ4v) is 5.41. The Balaban J connectivity index is 1.57. The molecule has 1 aromatic heterocycles. The summed E-state index contributed by atoms with van der Waals surface area (Å²) in [4.78, 5) is 31.8. The maximum Gasteiger partial charge on any atom is 0.254 e. The molecule has 4 nitrogen and oxygen atoms in total. The first kappa shape index (κ1) is 24.0. The molecule has 0 spiro atoms. The van der Waals surface area contributed by atoms with E-state index in [9.17, 15) is 9.59 Å². The molecule has 1 aliphatic heterocycles. The lowest BCUT2D eigenvalue weighted by Gasteiger charge is -2.37. The molecule has 0 saturated carbocycles. The maximum absolute atomic E-state index is 13.6. The molecular weight excluding hydrogens is 440 g/mol. The Morgan fingerprint density at radius 3 is 2.44 bits per heavy atom. The number of carbonyl (C=O) groups is 2. The normalized spacial score (nSPS) is 15.5. The molecule has 1 unspecified atom stereocenters. The molecule has 1 aliphatic rings. The van der Waals surface area contributed by atoms with Crippen LogP contribution in [0.15, 0.2) is 78.7 Å². The molecule has 176 valence electrons. The smallest absolute Gasteiger partial charge is 0.254 e. The standard InChI is InChI=1S/C29H32N2O2S/c1-5-17-30(28(33)22-11-13-23(14-12-22)29(2,3)4)20-26(32)31-18-15-25-24(16-19-34-25)27(31)21-9-7-6-8-10-21/h5-14,16,19,27H,1,15,17-18,20H2,2-4H3. The third-order valence-electron chi connectivity index (χ3n) is 6.36. The molecule has 4 rings (SSSR count). The SMILES string of the molecule is C=CCN(CC(=O)N1CCc2sccc2C1c1ccccc1)C(=O)c1ccc(C(C)(C)C)cc1. The van der Waals surface area contributed by atoms with Crippen LogP contribution in [-0.2, 0) is 16.6 Å². The van der Waals surface area contributed by atoms with Crippen molar-refractivity contribution in [2.45, 2.75) is 38.6 Å². The monoisotopic (exact) mass is 472 g/mol. The summed E-state index contributed by atoms with van der Waals surface area (Å²) in [6.45, 7) is 11.2. The minimum absolute atomic E-state index is 0.0135. The average molecular weight is 473 g/mol. The molecule has 0 radical (unpaired) electrons. The number of nitrogens with zero attached hydrogens (tertiary/aromatic N) is 2. The minimum Gasteiger partial charge on any atom is -0.330 e. The highest BCUT2D eigenvalue weighted by molar-refractivity contribution is 7.10. The van der Waals surface area contributed by atoms with E-state index in [-0.39, 0.29) is 29.8 Å². The molecule has 2 aromatic carbocycles. The van der Waals surface area contributed by atoms with Crippen molar-refractivity contribution in [2.75, 3.05) is 19.6 Å². The number of hydrogen-bond donors (Lipinski definition) is 0. The first-order chi connectivity index (χ1) is 16.3. The predicted octanol–water partition coefficient (Wildman–Crippen LogP) is 5.85. The zero-order valence-electron chi connectivity index (χ0n) is 20.2. The van der Waals surface area contributed by atoms with E-state index in [2.05, 4.69) is 50.9 Å². The van der Waals surface area contributed by atoms with Crippen LogP contribution in [0.25, 0.3) is 0 Å². The highest BCUT2D eigenvalue weighted by Crippen LogP contribution is 2.37. The van der Waals surface area contributed by atoms with Gasteiger partial charge in [0, 0.05) is 23.5 Å². The first-order valence-electron chi connectivity index (χ1n) is 11.7. The molecule has 2 amide bonds. The quantitative estimate of drug-likeness (QED) is 0.422. The second-order valence-corrected chi connectivity index (χ2v) is 10.8. The fraction of sp³-hybridized carbons (Fsp3) is 0.310. The van der Waals surface area contributed by atoms with E-state index < -0.39 is 0 Å². The van der Waals surface area contributed by atoms with Gasteiger partial charge in [0.25, 0.3) is 5.91 Å². The van der Waals surface area contributed by atoms with Gasteiger partial charge in [0.2, 0.25) is 5.91 Å². The second kappa shape index (κ2) is 9.98. The van der Waals surface area contributed by atoms with Crippen molar-refractivity contribution in [1.29, 1.82) is 0 Å². The van der Waals surface area contributed by atoms with E-state index in [1.165, 1.54) is 16.0 Å². The van der Waals surface area contributed by atoms with Crippen LogP contribution < -0.4 is 0 Å². The van der Waals surface area contributed by atoms with Gasteiger partial charge in [-0.25, -0.2) is 0 Å². The highest BCUT2D eigenvalue weighted by Gasteiger charge is 2.34. The molecule has 1 atom stereocenters. The van der Waals surface area contributed by atoms with E-state index in [0.29, 0.717) is 18.7 Å². The van der Waals surface area contributed by atoms with Gasteiger partial charge in [0.15, 0.2) is 0 Å². The highest BCUT2D eigenvalue weighted by atomic mass is 32.1. The van der Waals surface area contributed by atoms with Gasteiger partial charge in [-0.2, -0.15) is 0 Å². The van der Waals surface area contributed by atoms with Crippen LogP contribution in [0.5, 0.6) is 0 Å². The van der Waals surface area contributed by atoms with Crippen LogP contribution in [0.4, 0.5) is 0 Å². The molecule has 5 heteroatoms. The van der Waals surface area contributed by atoms with Crippen molar-refractivity contribution in [3.63, 3.8) is 0 Å². The lowest BCUT2D eigenvalue weighted by molar-refractivity contribution is -0.133. The summed E-state index contributed by atoms with van der Waals surface area (Å²) < 4.78 is 0. The van der Waals surface area contributed by atoms with Gasteiger partial charge in [0.05, 0.1) is 6.04 Å². The molecule has 0 bridgehead atoms. The third kappa shape index (κ3) is 5.00. The second-order valence-electron chi connectivity index (χ2n) is 9.75. The molecular formula is C29H32N2O2S. The van der Waals surface area contributed by atoms with Gasteiger partial charge in [-0.3, -0.25) is 9.59 Å². The van der Waals surface area contributed by atoms with E-state index in [4.69, 9.17) is 0 Å². The zero-order chi connectivity index (χ0) is 24.3. The van der Waals surface area contributed by atoms with Crippen molar-refractivity contribution in [3.8, 4) is 0 Å². The van der Waals surface area contributed by atoms with Crippen LogP contribution in [0.3, 0.4) is 0 Å². The molecule has 0 aliphatic carbocycles. The number of carbonyl (C=O) groups excluding carboxylic acids is 2. The van der Waals surface area contributed by atoms with Crippen LogP contribution in [0.1, 0.15) is 58.7 Å². The van der Waals surface area contributed by atoms with Crippen LogP contribution in [0, 0.1) is 0 Å². The molecule has 0 N–H and O–H groups in total. The predicted molar refractivity (Wildman–Crippen MR) is 139 cm³/mol. The summed E-state index contributed by atoms with van der Waals surface area (Å²) in [6, 6.07) is 19.8. The van der Waals surface area contributed by atoms with E-state index >= 15 is 0 Å². The van der Waals surface area contributed by atoms with E-state index in [0.717, 1.165) is 12.0 Å². The van der Waals surface area contributed by atoms with Crippen LogP contribution in [0.2, 0.25) is 0 Å². The van der Waals surface area contributed by atoms with E-state index in [1.54, 1.807) is 22.3 Å². The molecule has 0 saturated heterocycles. The van der Waals surface area contributed by atoms with Crippen LogP contribution in [-0.4, -0.2) is 41.2 Å². The Morgan fingerprint density at radius 2 is 1.79 bits per heavy atom. The van der Waals surface area contributed by atoms with Crippen LogP contribution >= 0.6 is 11.3 Å². The van der Waals surface area contributed by atoms with Gasteiger partial charge in [-0.1, -0.05) is 69.3 Å². The van der Waals surface area contributed by atoms with Crippen molar-refractivity contribution in [3.05, 3.63) is 106 Å². The van der Waals surface area contributed by atoms with Crippen molar-refractivity contribution < 1.29 is 9.59 Å². The zero-order valence-corrected chi connectivity index (χ0v) is 21.0. The Morgan fingerprint density at radius 1 is 1.09 bits per heavy atom. The number of amides is 2. The number of hydrogen-bond acceptors (Lipinski definition) is 3. The lowest BCUT2D eigenvalue weighted by Crippen LogP contribution is -2.46. The third-order valence-corrected chi connectivity index (χ3v) is 7.36. The van der Waals surface area contributed by atoms with E-state index in [1.807, 2.05) is 47.4 Å². The molecule has 2 heterocycles. The summed E-state index contributed by atoms with van der Waals surface area (Å²) in [5, 5.41) is 2.10. The first-order valence-corrected chi connectivity index (χ1v) is 12.6. The lowest BCUT2D eigenvalue weighted by atomic mass is 9.86. The summed E-state index contributed by atoms with van der Waals surface area (Å²) in [5.41, 5.74) is 4.05. The number of benzene rings is 2. The Kier molecular flexibility index (Phi) is 7.03. The largest absolute Gasteiger partial charge is 0.330 e. The fourth-order valence-electron chi connectivity index (χ4n) is 4.50. The van der Waals surface area contributed by atoms with Crippen molar-refractivity contribution in [1.82, 2.24) is 9.80 Å². The Bertz CT molecular complexity index is 1160. The van der Waals surface area contributed by atoms with Gasteiger partial charge in [-0.15, -0.1) is 17.9 Å². The van der Waals surface area contributed by atoms with Gasteiger partial charge in [0.1, 0.15) is 6.54 Å². The molecule has 3 aromatic rings. The summed E-state index contributed by atoms with van der Waals surface area (Å²) in [7, 11) is 0. The summed E-state index contributed by atoms with van der Waals surface area (Å²) >= 11 is 1.75. The van der Waals surface area contributed by atoms with Crippen molar-refractivity contribution >= 4 is 23.2 Å². The van der Waals surface area contributed by atoms with Gasteiger partial charge >= 0.3 is 0 Å².